The molecular weight excluding hydrogens is 621 g/mol. The minimum absolute atomic E-state index is 0.167. The number of primary amides is 1. The van der Waals surface area contributed by atoms with Crippen LogP contribution in [0.2, 0.25) is 0 Å². The number of hydrogen-bond acceptors (Lipinski definition) is 8. The van der Waals surface area contributed by atoms with Gasteiger partial charge in [-0.15, -0.1) is 0 Å². The van der Waals surface area contributed by atoms with Gasteiger partial charge in [-0.3, -0.25) is 14.4 Å². The number of nitrogens with zero attached hydrogens (tertiary/aromatic N) is 3. The third-order valence-electron chi connectivity index (χ3n) is 8.13. The Morgan fingerprint density at radius 3 is 2.67 bits per heavy atom. The second-order valence-corrected chi connectivity index (χ2v) is 11.6. The summed E-state index contributed by atoms with van der Waals surface area (Å²) in [5.74, 6) is -1.65. The number of hydrazine groups is 1. The summed E-state index contributed by atoms with van der Waals surface area (Å²) < 4.78 is 20.7. The molecule has 11 nitrogen and oxygen atoms in total. The van der Waals surface area contributed by atoms with Gasteiger partial charge in [-0.25, -0.2) is 14.8 Å². The lowest BCUT2D eigenvalue weighted by Crippen LogP contribution is -2.54. The number of hydrogen-bond donors (Lipinski definition) is 4. The molecule has 43 heavy (non-hydrogen) atoms. The van der Waals surface area contributed by atoms with Crippen LogP contribution >= 0.6 is 15.9 Å². The van der Waals surface area contributed by atoms with E-state index in [0.29, 0.717) is 29.1 Å². The van der Waals surface area contributed by atoms with Gasteiger partial charge in [0.1, 0.15) is 22.6 Å². The van der Waals surface area contributed by atoms with Crippen LogP contribution in [0, 0.1) is 0 Å². The van der Waals surface area contributed by atoms with Crippen LogP contribution in [-0.4, -0.2) is 72.7 Å². The lowest BCUT2D eigenvalue weighted by atomic mass is 9.84. The molecule has 3 atom stereocenters. The number of ether oxygens (including phenoxy) is 1. The number of rotatable bonds is 7. The van der Waals surface area contributed by atoms with Crippen molar-refractivity contribution in [3.05, 3.63) is 70.8 Å². The number of likely N-dealkylation sites (tertiary alicyclic amines) is 1. The van der Waals surface area contributed by atoms with E-state index >= 15 is 0 Å². The molecule has 3 aliphatic rings. The smallest absolute Gasteiger partial charge is 0.248 e. The Morgan fingerprint density at radius 2 is 1.91 bits per heavy atom. The van der Waals surface area contributed by atoms with Gasteiger partial charge in [-0.2, -0.15) is 0 Å². The Labute approximate surface area is 256 Å². The summed E-state index contributed by atoms with van der Waals surface area (Å²) in [6.07, 6.45) is -1.98. The molecule has 0 saturated carbocycles. The van der Waals surface area contributed by atoms with Gasteiger partial charge in [0.15, 0.2) is 5.54 Å². The maximum Gasteiger partial charge on any atom is 0.248 e. The maximum atomic E-state index is 14.7. The molecule has 5 N–H and O–H groups in total. The number of benzene rings is 2. The number of nitrogens with two attached hydrogens (primary N) is 1. The highest BCUT2D eigenvalue weighted by molar-refractivity contribution is 9.10. The van der Waals surface area contributed by atoms with Crippen molar-refractivity contribution < 1.29 is 23.5 Å². The van der Waals surface area contributed by atoms with E-state index in [1.807, 2.05) is 42.5 Å². The first-order valence-electron chi connectivity index (χ1n) is 14.0. The predicted octanol–water partition coefficient (Wildman–Crippen LogP) is 2.93. The highest BCUT2D eigenvalue weighted by atomic mass is 79.9. The molecule has 1 aromatic heterocycles. The van der Waals surface area contributed by atoms with E-state index in [1.165, 1.54) is 4.90 Å². The zero-order valence-electron chi connectivity index (χ0n) is 23.2. The fraction of sp³-hybridized carbons (Fsp3) is 0.333. The second-order valence-electron chi connectivity index (χ2n) is 10.8. The number of pyridine rings is 1. The minimum atomic E-state index is -1.63. The first-order chi connectivity index (χ1) is 20.7. The molecule has 0 aliphatic carbocycles. The predicted molar refractivity (Wildman–Crippen MR) is 163 cm³/mol. The van der Waals surface area contributed by atoms with Gasteiger partial charge >= 0.3 is 0 Å². The van der Waals surface area contributed by atoms with Crippen molar-refractivity contribution in [1.29, 1.82) is 0 Å². The number of aromatic nitrogens is 1. The van der Waals surface area contributed by atoms with Crippen LogP contribution in [0.4, 0.5) is 21.6 Å². The zero-order valence-corrected chi connectivity index (χ0v) is 24.8. The number of carbonyl (C=O) groups excluding carboxylic acids is 3. The largest absolute Gasteiger partial charge is 0.378 e. The lowest BCUT2D eigenvalue weighted by molar-refractivity contribution is -0.140. The molecule has 3 aliphatic heterocycles. The number of amides is 3. The Kier molecular flexibility index (Phi) is 8.03. The molecular formula is C30H31BrFN7O4. The Bertz CT molecular complexity index is 1570. The fourth-order valence-electron chi connectivity index (χ4n) is 5.96. The fourth-order valence-corrected chi connectivity index (χ4v) is 6.30. The summed E-state index contributed by atoms with van der Waals surface area (Å²) in [6, 6.07) is 17.5. The average Bonchev–Trinajstić information content (AvgIpc) is 3.59. The van der Waals surface area contributed by atoms with Crippen LogP contribution in [0.5, 0.6) is 0 Å². The summed E-state index contributed by atoms with van der Waals surface area (Å²) in [7, 11) is 0. The van der Waals surface area contributed by atoms with Crippen LogP contribution in [0.25, 0.3) is 11.1 Å². The van der Waals surface area contributed by atoms with Crippen LogP contribution in [-0.2, 0) is 24.7 Å². The summed E-state index contributed by atoms with van der Waals surface area (Å²) in [5.41, 5.74) is 14.2. The van der Waals surface area contributed by atoms with E-state index in [9.17, 15) is 18.8 Å². The summed E-state index contributed by atoms with van der Waals surface area (Å²) in [6.45, 7) is 2.50. The quantitative estimate of drug-likeness (QED) is 0.286. The molecule has 0 bridgehead atoms. The van der Waals surface area contributed by atoms with Gasteiger partial charge < -0.3 is 31.0 Å². The number of nitrogens with one attached hydrogen (secondary N) is 3. The lowest BCUT2D eigenvalue weighted by Gasteiger charge is -2.31. The van der Waals surface area contributed by atoms with Crippen molar-refractivity contribution in [2.45, 2.75) is 30.6 Å². The first-order valence-corrected chi connectivity index (χ1v) is 14.8. The van der Waals surface area contributed by atoms with E-state index < -0.39 is 41.9 Å². The maximum absolute atomic E-state index is 14.7. The Balaban J connectivity index is 1.28. The van der Waals surface area contributed by atoms with Crippen LogP contribution in [0.3, 0.4) is 0 Å². The van der Waals surface area contributed by atoms with Gasteiger partial charge in [0.05, 0.1) is 31.9 Å². The van der Waals surface area contributed by atoms with Gasteiger partial charge in [0, 0.05) is 36.3 Å². The number of morpholine rings is 1. The molecule has 2 fully saturated rings. The number of anilines is 3. The van der Waals surface area contributed by atoms with Crippen molar-refractivity contribution >= 4 is 50.8 Å². The second kappa shape index (κ2) is 11.9. The summed E-state index contributed by atoms with van der Waals surface area (Å²) >= 11 is 3.25. The monoisotopic (exact) mass is 651 g/mol. The van der Waals surface area contributed by atoms with Crippen molar-refractivity contribution in [3.8, 4) is 11.1 Å². The molecule has 0 radical (unpaired) electrons. The number of alkyl halides is 1. The standard InChI is InChI=1S/C30H31BrFN7O4/c31-25-6-3-7-26(34-25)35-28(41)24-15-19(32)17-39(24)27(40)16-30(29(33)42)21-14-18(8-9-22(21)36-37-30)20-4-1-2-5-23(20)38-10-12-43-13-11-38/h1-9,14,19,24,36-37H,10-13,15-17H2,(H2,33,42)(H,34,35,41)/t19-,24+,30?/m1/s1. The summed E-state index contributed by atoms with van der Waals surface area (Å²) in [4.78, 5) is 47.6. The molecule has 4 heterocycles. The number of halogens is 2. The van der Waals surface area contributed by atoms with Gasteiger partial charge in [-0.1, -0.05) is 30.3 Å². The highest BCUT2D eigenvalue weighted by Crippen LogP contribution is 2.41. The molecule has 1 unspecified atom stereocenters. The van der Waals surface area contributed by atoms with Crippen LogP contribution in [0.1, 0.15) is 18.4 Å². The van der Waals surface area contributed by atoms with Crippen LogP contribution < -0.4 is 26.8 Å². The third-order valence-corrected chi connectivity index (χ3v) is 8.57. The van der Waals surface area contributed by atoms with E-state index in [2.05, 4.69) is 42.0 Å². The van der Waals surface area contributed by atoms with Crippen LogP contribution in [0.15, 0.2) is 65.3 Å². The van der Waals surface area contributed by atoms with Gasteiger partial charge in [0.25, 0.3) is 0 Å². The molecule has 6 rings (SSSR count). The number of para-hydroxylation sites is 1. The topological polar surface area (TPSA) is 142 Å². The molecule has 0 spiro atoms. The van der Waals surface area contributed by atoms with E-state index in [4.69, 9.17) is 10.5 Å². The van der Waals surface area contributed by atoms with Crippen molar-refractivity contribution in [2.24, 2.45) is 5.73 Å². The third kappa shape index (κ3) is 5.67. The highest BCUT2D eigenvalue weighted by Gasteiger charge is 2.49. The van der Waals surface area contributed by atoms with Gasteiger partial charge in [0.2, 0.25) is 17.7 Å². The van der Waals surface area contributed by atoms with E-state index in [-0.39, 0.29) is 18.8 Å². The Hall–Kier alpha value is -4.07. The molecule has 3 amide bonds. The molecule has 224 valence electrons. The average molecular weight is 653 g/mol. The first kappa shape index (κ1) is 29.0. The zero-order chi connectivity index (χ0) is 30.1. The molecule has 3 aromatic rings. The van der Waals surface area contributed by atoms with Gasteiger partial charge in [-0.05, 0) is 51.8 Å². The Morgan fingerprint density at radius 1 is 1.12 bits per heavy atom. The van der Waals surface area contributed by atoms with Crippen molar-refractivity contribution in [3.63, 3.8) is 0 Å². The minimum Gasteiger partial charge on any atom is -0.378 e. The van der Waals surface area contributed by atoms with E-state index in [0.717, 1.165) is 29.9 Å². The molecule has 2 saturated heterocycles. The van der Waals surface area contributed by atoms with Crippen molar-refractivity contribution in [1.82, 2.24) is 15.3 Å². The summed E-state index contributed by atoms with van der Waals surface area (Å²) in [5, 5.41) is 2.66. The normalized spacial score (nSPS) is 23.0. The SMILES string of the molecule is NC(=O)C1(CC(=O)N2C[C@H](F)C[C@H]2C(=O)Nc2cccc(Br)n2)NNc2ccc(-c3ccccc3N3CCOCC3)cc21. The number of fused-ring (bicyclic) bond motifs is 1. The van der Waals surface area contributed by atoms with E-state index in [1.54, 1.807) is 18.2 Å². The molecule has 13 heteroatoms. The van der Waals surface area contributed by atoms with Crippen molar-refractivity contribution in [2.75, 3.05) is 48.5 Å². The molecule has 2 aromatic carbocycles. The number of carbonyl (C=O) groups is 3.